The number of phenolic OH excluding ortho intramolecular Hbond substituents is 1. The van der Waals surface area contributed by atoms with Crippen molar-refractivity contribution in [2.75, 3.05) is 31.5 Å². The molecule has 0 unspecified atom stereocenters. The molecule has 0 saturated carbocycles. The average Bonchev–Trinajstić information content (AvgIpc) is 2.72. The van der Waals surface area contributed by atoms with E-state index < -0.39 is 17.9 Å². The minimum Gasteiger partial charge on any atom is -0.507 e. The fraction of sp³-hybridized carbons (Fsp3) is 0.158. The van der Waals surface area contributed by atoms with Crippen LogP contribution in [0.15, 0.2) is 36.4 Å². The number of aldehydes is 1. The zero-order chi connectivity index (χ0) is 20.8. The predicted molar refractivity (Wildman–Crippen MR) is 103 cm³/mol. The molecular weight excluding hydrogens is 366 g/mol. The average molecular weight is 385 g/mol. The van der Waals surface area contributed by atoms with Crippen molar-refractivity contribution in [2.24, 2.45) is 0 Å². The summed E-state index contributed by atoms with van der Waals surface area (Å²) in [5.41, 5.74) is 1.44. The van der Waals surface area contributed by atoms with Crippen molar-refractivity contribution in [3.05, 3.63) is 42.0 Å². The number of hydrogen-bond donors (Lipinski definition) is 3. The minimum absolute atomic E-state index is 0.0103. The number of phenols is 1. The van der Waals surface area contributed by atoms with E-state index in [9.17, 15) is 19.5 Å². The highest BCUT2D eigenvalue weighted by Crippen LogP contribution is 2.35. The van der Waals surface area contributed by atoms with Gasteiger partial charge in [-0.15, -0.1) is 0 Å². The Labute approximate surface area is 161 Å². The van der Waals surface area contributed by atoms with Gasteiger partial charge in [0.2, 0.25) is 0 Å². The molecule has 9 nitrogen and oxygen atoms in total. The highest BCUT2D eigenvalue weighted by molar-refractivity contribution is 6.35. The number of nitrogens with one attached hydrogen (secondary N) is 2. The number of nitrogens with zero attached hydrogens (tertiary/aromatic N) is 1. The van der Waals surface area contributed by atoms with E-state index >= 15 is 0 Å². The summed E-state index contributed by atoms with van der Waals surface area (Å²) in [5, 5.41) is 20.3. The molecule has 0 saturated heterocycles. The van der Waals surface area contributed by atoms with Gasteiger partial charge in [0.1, 0.15) is 11.5 Å². The molecule has 0 aromatic heterocycles. The van der Waals surface area contributed by atoms with Crippen molar-refractivity contribution < 1.29 is 29.0 Å². The number of carbonyl (C=O) groups is 3. The van der Waals surface area contributed by atoms with Crippen LogP contribution in [0.4, 0.5) is 21.0 Å². The number of rotatable bonds is 5. The number of aromatic hydroxyl groups is 1. The summed E-state index contributed by atoms with van der Waals surface area (Å²) in [6.07, 6.45) is -0.978. The lowest BCUT2D eigenvalue weighted by Crippen LogP contribution is -2.25. The van der Waals surface area contributed by atoms with Gasteiger partial charge in [-0.25, -0.2) is 9.59 Å². The van der Waals surface area contributed by atoms with E-state index in [1.165, 1.54) is 31.3 Å². The summed E-state index contributed by atoms with van der Waals surface area (Å²) >= 11 is 0. The van der Waals surface area contributed by atoms with Crippen molar-refractivity contribution in [1.82, 2.24) is 0 Å². The molecular formula is C19H19N3O6. The maximum atomic E-state index is 11.6. The summed E-state index contributed by atoms with van der Waals surface area (Å²) in [6, 6.07) is 9.32. The first-order valence-corrected chi connectivity index (χ1v) is 8.00. The summed E-state index contributed by atoms with van der Waals surface area (Å²) in [5.74, 6) is -0.339. The second kappa shape index (κ2) is 8.67. The maximum Gasteiger partial charge on any atom is 0.413 e. The Balaban J connectivity index is 2.54. The highest BCUT2D eigenvalue weighted by Gasteiger charge is 2.17. The van der Waals surface area contributed by atoms with Gasteiger partial charge in [-0.1, -0.05) is 12.1 Å². The Morgan fingerprint density at radius 1 is 1.14 bits per heavy atom. The van der Waals surface area contributed by atoms with E-state index in [-0.39, 0.29) is 17.0 Å². The van der Waals surface area contributed by atoms with Crippen LogP contribution in [0.3, 0.4) is 0 Å². The molecule has 0 aliphatic carbocycles. The number of anilines is 2. The van der Waals surface area contributed by atoms with Crippen LogP contribution in [-0.2, 0) is 14.3 Å². The van der Waals surface area contributed by atoms with Gasteiger partial charge in [-0.2, -0.15) is 0 Å². The van der Waals surface area contributed by atoms with Crippen molar-refractivity contribution in [2.45, 2.75) is 0 Å². The number of carbonyl (C=O) groups excluding carboxylic acids is 3. The maximum absolute atomic E-state index is 11.6. The van der Waals surface area contributed by atoms with Crippen LogP contribution in [-0.4, -0.2) is 50.6 Å². The van der Waals surface area contributed by atoms with Gasteiger partial charge in [-0.05, 0) is 23.8 Å². The van der Waals surface area contributed by atoms with E-state index in [2.05, 4.69) is 14.8 Å². The first-order valence-electron chi connectivity index (χ1n) is 8.00. The van der Waals surface area contributed by atoms with Gasteiger partial charge in [-0.3, -0.25) is 20.4 Å². The predicted octanol–water partition coefficient (Wildman–Crippen LogP) is 3.01. The SMILES string of the molecule is COC(=O)Nc1cc(O)c(C(=N)C=O)cc1-c1ccc(N(C)C(=O)OC)cc1. The van der Waals surface area contributed by atoms with Gasteiger partial charge in [0.25, 0.3) is 0 Å². The van der Waals surface area contributed by atoms with E-state index in [1.54, 1.807) is 31.3 Å². The molecule has 146 valence electrons. The van der Waals surface area contributed by atoms with E-state index in [0.29, 0.717) is 23.1 Å². The third-order valence-corrected chi connectivity index (χ3v) is 3.98. The molecule has 0 heterocycles. The number of benzene rings is 2. The Kier molecular flexibility index (Phi) is 6.33. The molecule has 2 amide bonds. The Hall–Kier alpha value is -3.88. The fourth-order valence-electron chi connectivity index (χ4n) is 2.48. The Bertz CT molecular complexity index is 924. The van der Waals surface area contributed by atoms with Crippen LogP contribution in [0, 0.1) is 5.41 Å². The molecule has 3 N–H and O–H groups in total. The van der Waals surface area contributed by atoms with Crippen LogP contribution in [0.1, 0.15) is 5.56 Å². The van der Waals surface area contributed by atoms with Crippen molar-refractivity contribution in [3.63, 3.8) is 0 Å². The number of methoxy groups -OCH3 is 2. The summed E-state index contributed by atoms with van der Waals surface area (Å²) in [7, 11) is 4.02. The minimum atomic E-state index is -0.749. The number of ether oxygens (including phenoxy) is 2. The smallest absolute Gasteiger partial charge is 0.413 e. The molecule has 28 heavy (non-hydrogen) atoms. The van der Waals surface area contributed by atoms with E-state index in [0.717, 1.165) is 0 Å². The summed E-state index contributed by atoms with van der Waals surface area (Å²) in [6.45, 7) is 0. The second-order valence-corrected chi connectivity index (χ2v) is 5.64. The molecule has 0 radical (unpaired) electrons. The zero-order valence-electron chi connectivity index (χ0n) is 15.5. The highest BCUT2D eigenvalue weighted by atomic mass is 16.5. The zero-order valence-corrected chi connectivity index (χ0v) is 15.5. The lowest BCUT2D eigenvalue weighted by Gasteiger charge is -2.17. The topological polar surface area (TPSA) is 129 Å². The van der Waals surface area contributed by atoms with Crippen LogP contribution in [0.5, 0.6) is 5.75 Å². The Morgan fingerprint density at radius 2 is 1.79 bits per heavy atom. The molecule has 0 aliphatic heterocycles. The van der Waals surface area contributed by atoms with Gasteiger partial charge < -0.3 is 14.6 Å². The summed E-state index contributed by atoms with van der Waals surface area (Å²) < 4.78 is 9.25. The molecule has 0 spiro atoms. The molecule has 2 aromatic carbocycles. The molecule has 0 fully saturated rings. The fourth-order valence-corrected chi connectivity index (χ4v) is 2.48. The van der Waals surface area contributed by atoms with Crippen LogP contribution < -0.4 is 10.2 Å². The van der Waals surface area contributed by atoms with Gasteiger partial charge in [0.05, 0.1) is 19.9 Å². The number of hydrogen-bond acceptors (Lipinski definition) is 7. The summed E-state index contributed by atoms with van der Waals surface area (Å²) in [4.78, 5) is 35.5. The largest absolute Gasteiger partial charge is 0.507 e. The van der Waals surface area contributed by atoms with Gasteiger partial charge >= 0.3 is 12.2 Å². The van der Waals surface area contributed by atoms with Crippen LogP contribution in [0.25, 0.3) is 11.1 Å². The standard InChI is InChI=1S/C19H19N3O6/c1-22(19(26)28-3)12-6-4-11(5-7-12)13-8-14(15(20)10-23)17(24)9-16(13)21-18(25)27-2/h4-10,20,24H,1-3H3,(H,21,25). The lowest BCUT2D eigenvalue weighted by atomic mass is 9.98. The lowest BCUT2D eigenvalue weighted by molar-refractivity contribution is -0.102. The third-order valence-electron chi connectivity index (χ3n) is 3.98. The molecule has 0 aliphatic rings. The first kappa shape index (κ1) is 20.4. The van der Waals surface area contributed by atoms with E-state index in [1.807, 2.05) is 0 Å². The van der Waals surface area contributed by atoms with Gasteiger partial charge in [0, 0.05) is 29.9 Å². The first-order chi connectivity index (χ1) is 13.3. The normalized spacial score (nSPS) is 9.96. The third kappa shape index (κ3) is 4.26. The van der Waals surface area contributed by atoms with Crippen LogP contribution in [0.2, 0.25) is 0 Å². The van der Waals surface area contributed by atoms with Crippen LogP contribution >= 0.6 is 0 Å². The quantitative estimate of drug-likeness (QED) is 0.536. The second-order valence-electron chi connectivity index (χ2n) is 5.64. The molecule has 0 atom stereocenters. The molecule has 2 aromatic rings. The van der Waals surface area contributed by atoms with Crippen molar-refractivity contribution in [3.8, 4) is 16.9 Å². The van der Waals surface area contributed by atoms with E-state index in [4.69, 9.17) is 5.41 Å². The van der Waals surface area contributed by atoms with Crippen molar-refractivity contribution in [1.29, 1.82) is 5.41 Å². The van der Waals surface area contributed by atoms with Crippen molar-refractivity contribution >= 4 is 35.6 Å². The Morgan fingerprint density at radius 3 is 2.32 bits per heavy atom. The monoisotopic (exact) mass is 385 g/mol. The van der Waals surface area contributed by atoms with Gasteiger partial charge in [0.15, 0.2) is 6.29 Å². The molecule has 9 heteroatoms. The molecule has 2 rings (SSSR count). The molecule has 0 bridgehead atoms. The number of amides is 2.